The van der Waals surface area contributed by atoms with Crippen LogP contribution in [0.1, 0.15) is 17.0 Å². The molecule has 3 aromatic rings. The maximum absolute atomic E-state index is 11.9. The highest BCUT2D eigenvalue weighted by Gasteiger charge is 2.08. The summed E-state index contributed by atoms with van der Waals surface area (Å²) in [5.41, 5.74) is 3.38. The highest BCUT2D eigenvalue weighted by Crippen LogP contribution is 2.10. The average molecular weight is 337 g/mol. The molecule has 7 nitrogen and oxygen atoms in total. The van der Waals surface area contributed by atoms with Crippen LogP contribution in [0.15, 0.2) is 48.8 Å². The summed E-state index contributed by atoms with van der Waals surface area (Å²) >= 11 is 0. The number of rotatable bonds is 6. The quantitative estimate of drug-likeness (QED) is 0.747. The number of ether oxygens (including phenoxy) is 1. The van der Waals surface area contributed by atoms with Gasteiger partial charge in [0.1, 0.15) is 6.61 Å². The van der Waals surface area contributed by atoms with Gasteiger partial charge in [0.2, 0.25) is 5.91 Å². The first-order valence-electron chi connectivity index (χ1n) is 7.89. The number of nitrogens with one attached hydrogen (secondary N) is 1. The summed E-state index contributed by atoms with van der Waals surface area (Å²) in [6.07, 6.45) is 3.10. The molecule has 0 aliphatic rings. The van der Waals surface area contributed by atoms with Crippen molar-refractivity contribution in [3.63, 3.8) is 0 Å². The molecule has 2 heterocycles. The molecule has 7 heteroatoms. The number of benzene rings is 1. The molecule has 2 aromatic heterocycles. The molecule has 0 saturated heterocycles. The van der Waals surface area contributed by atoms with E-state index in [0.29, 0.717) is 18.2 Å². The lowest BCUT2D eigenvalue weighted by Gasteiger charge is -2.07. The molecular weight excluding hydrogens is 318 g/mol. The van der Waals surface area contributed by atoms with Gasteiger partial charge in [-0.15, -0.1) is 0 Å². The van der Waals surface area contributed by atoms with E-state index in [1.54, 1.807) is 17.1 Å². The van der Waals surface area contributed by atoms with Crippen LogP contribution in [0.4, 0.5) is 5.69 Å². The molecule has 3 rings (SSSR count). The number of hydrogen-bond acceptors (Lipinski definition) is 5. The minimum absolute atomic E-state index is 0.0336. The lowest BCUT2D eigenvalue weighted by atomic mass is 10.2. The molecule has 0 spiro atoms. The molecule has 128 valence electrons. The predicted octanol–water partition coefficient (Wildman–Crippen LogP) is 2.43. The van der Waals surface area contributed by atoms with E-state index < -0.39 is 0 Å². The standard InChI is InChI=1S/C18H19N5O2/c1-13-8-14(2)23(22-13)18-19-9-16(10-20-18)21-17(24)12-25-11-15-6-4-3-5-7-15/h3-10H,11-12H2,1-2H3,(H,21,24). The highest BCUT2D eigenvalue weighted by molar-refractivity contribution is 5.91. The number of carbonyl (C=O) groups is 1. The summed E-state index contributed by atoms with van der Waals surface area (Å²) in [4.78, 5) is 20.4. The van der Waals surface area contributed by atoms with Gasteiger partial charge in [-0.05, 0) is 25.5 Å². The zero-order valence-electron chi connectivity index (χ0n) is 14.1. The van der Waals surface area contributed by atoms with Crippen molar-refractivity contribution in [3.05, 3.63) is 65.7 Å². The average Bonchev–Trinajstić information content (AvgIpc) is 2.95. The first-order chi connectivity index (χ1) is 12.1. The zero-order chi connectivity index (χ0) is 17.6. The third kappa shape index (κ3) is 4.48. The minimum Gasteiger partial charge on any atom is -0.367 e. The Morgan fingerprint density at radius 2 is 1.88 bits per heavy atom. The molecule has 1 N–H and O–H groups in total. The number of aromatic nitrogens is 4. The molecule has 25 heavy (non-hydrogen) atoms. The maximum atomic E-state index is 11.9. The van der Waals surface area contributed by atoms with Crippen LogP contribution >= 0.6 is 0 Å². The number of nitrogens with zero attached hydrogens (tertiary/aromatic N) is 4. The van der Waals surface area contributed by atoms with Gasteiger partial charge >= 0.3 is 0 Å². The highest BCUT2D eigenvalue weighted by atomic mass is 16.5. The number of carbonyl (C=O) groups excluding carboxylic acids is 1. The van der Waals surface area contributed by atoms with Crippen molar-refractivity contribution in [1.29, 1.82) is 0 Å². The van der Waals surface area contributed by atoms with Gasteiger partial charge in [-0.2, -0.15) is 5.10 Å². The van der Waals surface area contributed by atoms with Crippen LogP contribution in [-0.2, 0) is 16.1 Å². The topological polar surface area (TPSA) is 81.9 Å². The summed E-state index contributed by atoms with van der Waals surface area (Å²) in [5.74, 6) is 0.210. The van der Waals surface area contributed by atoms with E-state index in [4.69, 9.17) is 4.74 Å². The van der Waals surface area contributed by atoms with Crippen LogP contribution in [-0.4, -0.2) is 32.3 Å². The number of aryl methyl sites for hydroxylation is 2. The Morgan fingerprint density at radius 3 is 2.52 bits per heavy atom. The van der Waals surface area contributed by atoms with Crippen LogP contribution in [0.3, 0.4) is 0 Å². The second kappa shape index (κ2) is 7.67. The molecule has 1 aromatic carbocycles. The number of anilines is 1. The maximum Gasteiger partial charge on any atom is 0.250 e. The molecule has 0 fully saturated rings. The third-order valence-electron chi connectivity index (χ3n) is 3.47. The van der Waals surface area contributed by atoms with Gasteiger partial charge < -0.3 is 10.1 Å². The second-order valence-corrected chi connectivity index (χ2v) is 5.64. The van der Waals surface area contributed by atoms with E-state index in [0.717, 1.165) is 17.0 Å². The van der Waals surface area contributed by atoms with Gasteiger partial charge in [0.05, 0.1) is 30.4 Å². The van der Waals surface area contributed by atoms with Crippen LogP contribution in [0, 0.1) is 13.8 Å². The van der Waals surface area contributed by atoms with Gasteiger partial charge in [0.25, 0.3) is 5.95 Å². The van der Waals surface area contributed by atoms with E-state index in [1.165, 1.54) is 0 Å². The van der Waals surface area contributed by atoms with E-state index in [2.05, 4.69) is 20.4 Å². The molecule has 0 saturated carbocycles. The lowest BCUT2D eigenvalue weighted by Crippen LogP contribution is -2.18. The number of amides is 1. The Labute approximate surface area is 145 Å². The van der Waals surface area contributed by atoms with Gasteiger partial charge in [-0.3, -0.25) is 4.79 Å². The summed E-state index contributed by atoms with van der Waals surface area (Å²) in [5, 5.41) is 7.03. The third-order valence-corrected chi connectivity index (χ3v) is 3.47. The smallest absolute Gasteiger partial charge is 0.250 e. The first kappa shape index (κ1) is 16.8. The molecule has 0 aliphatic carbocycles. The fourth-order valence-corrected chi connectivity index (χ4v) is 2.36. The first-order valence-corrected chi connectivity index (χ1v) is 7.89. The van der Waals surface area contributed by atoms with Crippen LogP contribution in [0.5, 0.6) is 0 Å². The van der Waals surface area contributed by atoms with Crippen molar-refractivity contribution >= 4 is 11.6 Å². The van der Waals surface area contributed by atoms with Crippen LogP contribution in [0.2, 0.25) is 0 Å². The SMILES string of the molecule is Cc1cc(C)n(-c2ncc(NC(=O)COCc3ccccc3)cn2)n1. The van der Waals surface area contributed by atoms with E-state index in [-0.39, 0.29) is 12.5 Å². The van der Waals surface area contributed by atoms with Crippen molar-refractivity contribution in [2.24, 2.45) is 0 Å². The Bertz CT molecular complexity index is 844. The van der Waals surface area contributed by atoms with E-state index in [9.17, 15) is 4.79 Å². The van der Waals surface area contributed by atoms with E-state index in [1.807, 2.05) is 50.2 Å². The molecule has 0 bridgehead atoms. The van der Waals surface area contributed by atoms with E-state index >= 15 is 0 Å². The zero-order valence-corrected chi connectivity index (χ0v) is 14.1. The van der Waals surface area contributed by atoms with Crippen molar-refractivity contribution in [2.75, 3.05) is 11.9 Å². The molecule has 0 unspecified atom stereocenters. The predicted molar refractivity (Wildman–Crippen MR) is 93.4 cm³/mol. The normalized spacial score (nSPS) is 10.6. The molecule has 0 atom stereocenters. The van der Waals surface area contributed by atoms with Crippen molar-refractivity contribution in [2.45, 2.75) is 20.5 Å². The number of hydrogen-bond donors (Lipinski definition) is 1. The summed E-state index contributed by atoms with van der Waals surface area (Å²) in [6, 6.07) is 11.6. The molecular formula is C18H19N5O2. The second-order valence-electron chi connectivity index (χ2n) is 5.64. The van der Waals surface area contributed by atoms with Crippen molar-refractivity contribution in [3.8, 4) is 5.95 Å². The van der Waals surface area contributed by atoms with Crippen LogP contribution in [0.25, 0.3) is 5.95 Å². The Balaban J connectivity index is 1.52. The minimum atomic E-state index is -0.251. The lowest BCUT2D eigenvalue weighted by molar-refractivity contribution is -0.121. The summed E-state index contributed by atoms with van der Waals surface area (Å²) in [7, 11) is 0. The Hall–Kier alpha value is -3.06. The Morgan fingerprint density at radius 1 is 1.16 bits per heavy atom. The fourth-order valence-electron chi connectivity index (χ4n) is 2.36. The molecule has 1 amide bonds. The summed E-state index contributed by atoms with van der Waals surface area (Å²) in [6.45, 7) is 4.20. The van der Waals surface area contributed by atoms with Gasteiger partial charge in [0.15, 0.2) is 0 Å². The van der Waals surface area contributed by atoms with Gasteiger partial charge in [-0.25, -0.2) is 14.6 Å². The van der Waals surface area contributed by atoms with Gasteiger partial charge in [0, 0.05) is 5.69 Å². The monoisotopic (exact) mass is 337 g/mol. The van der Waals surface area contributed by atoms with Crippen LogP contribution < -0.4 is 5.32 Å². The fraction of sp³-hybridized carbons (Fsp3) is 0.222. The summed E-state index contributed by atoms with van der Waals surface area (Å²) < 4.78 is 7.05. The Kier molecular flexibility index (Phi) is 5.15. The molecule has 0 aliphatic heterocycles. The van der Waals surface area contributed by atoms with Crippen molar-refractivity contribution < 1.29 is 9.53 Å². The largest absolute Gasteiger partial charge is 0.367 e. The van der Waals surface area contributed by atoms with Gasteiger partial charge in [-0.1, -0.05) is 30.3 Å². The molecule has 0 radical (unpaired) electrons. The van der Waals surface area contributed by atoms with Crippen molar-refractivity contribution in [1.82, 2.24) is 19.7 Å².